The number of hydrogen-bond acceptors (Lipinski definition) is 6. The highest BCUT2D eigenvalue weighted by atomic mass is 32.2. The number of benzene rings is 1. The SMILES string of the molecule is O=C(NO)c1ccc([N+](=O)[O-])cc1.O=S(=O)(O)C(F)(F)F. The van der Waals surface area contributed by atoms with Gasteiger partial charge in [-0.1, -0.05) is 0 Å². The summed E-state index contributed by atoms with van der Waals surface area (Å²) in [4.78, 5) is 20.4. The minimum Gasteiger partial charge on any atom is -0.288 e. The number of hydroxylamine groups is 1. The van der Waals surface area contributed by atoms with E-state index in [1.807, 2.05) is 0 Å². The minimum absolute atomic E-state index is 0.102. The highest BCUT2D eigenvalue weighted by Crippen LogP contribution is 2.20. The highest BCUT2D eigenvalue weighted by molar-refractivity contribution is 7.86. The molecule has 0 bridgehead atoms. The highest BCUT2D eigenvalue weighted by Gasteiger charge is 2.44. The van der Waals surface area contributed by atoms with Crippen molar-refractivity contribution >= 4 is 21.7 Å². The fraction of sp³-hybridized carbons (Fsp3) is 0.125. The lowest BCUT2D eigenvalue weighted by Crippen LogP contribution is -2.21. The van der Waals surface area contributed by atoms with E-state index in [-0.39, 0.29) is 11.3 Å². The van der Waals surface area contributed by atoms with Gasteiger partial charge in [-0.2, -0.15) is 21.6 Å². The third kappa shape index (κ3) is 6.15. The zero-order valence-electron chi connectivity index (χ0n) is 9.73. The maximum absolute atomic E-state index is 10.8. The first-order valence-corrected chi connectivity index (χ1v) is 6.06. The fourth-order valence-corrected chi connectivity index (χ4v) is 0.799. The van der Waals surface area contributed by atoms with Crippen LogP contribution in [0.1, 0.15) is 10.4 Å². The molecule has 1 amide bonds. The van der Waals surface area contributed by atoms with Crippen molar-refractivity contribution in [2.45, 2.75) is 5.51 Å². The second-order valence-corrected chi connectivity index (χ2v) is 4.58. The Hall–Kier alpha value is -2.25. The Morgan fingerprint density at radius 1 is 1.24 bits per heavy atom. The molecule has 0 atom stereocenters. The van der Waals surface area contributed by atoms with Crippen LogP contribution >= 0.6 is 0 Å². The van der Waals surface area contributed by atoms with Crippen LogP contribution in [-0.4, -0.2) is 34.5 Å². The second kappa shape index (κ2) is 6.96. The molecule has 0 radical (unpaired) electrons. The molecule has 1 rings (SSSR count). The van der Waals surface area contributed by atoms with Crippen LogP contribution in [0, 0.1) is 10.1 Å². The maximum atomic E-state index is 10.8. The molecule has 21 heavy (non-hydrogen) atoms. The summed E-state index contributed by atoms with van der Waals surface area (Å²) in [5, 5.41) is 18.4. The van der Waals surface area contributed by atoms with Crippen LogP contribution < -0.4 is 5.48 Å². The summed E-state index contributed by atoms with van der Waals surface area (Å²) in [6, 6.07) is 4.88. The Kier molecular flexibility index (Phi) is 6.21. The van der Waals surface area contributed by atoms with E-state index in [9.17, 15) is 28.1 Å². The molecule has 0 saturated carbocycles. The van der Waals surface area contributed by atoms with Crippen molar-refractivity contribution in [3.63, 3.8) is 0 Å². The van der Waals surface area contributed by atoms with Crippen molar-refractivity contribution in [3.05, 3.63) is 39.9 Å². The zero-order valence-corrected chi connectivity index (χ0v) is 10.6. The standard InChI is InChI=1S/C7H6N2O4.CHF3O3S/c10-7(8-11)5-1-3-6(4-2-5)9(12)13;2-1(3,4)8(5,6)7/h1-4,11H,(H,8,10);(H,5,6,7). The van der Waals surface area contributed by atoms with E-state index in [0.29, 0.717) is 0 Å². The van der Waals surface area contributed by atoms with Gasteiger partial charge in [0.2, 0.25) is 0 Å². The summed E-state index contributed by atoms with van der Waals surface area (Å²) < 4.78 is 57.5. The Morgan fingerprint density at radius 3 is 1.86 bits per heavy atom. The van der Waals surface area contributed by atoms with E-state index >= 15 is 0 Å². The molecule has 3 N–H and O–H groups in total. The van der Waals surface area contributed by atoms with Crippen molar-refractivity contribution in [2.75, 3.05) is 0 Å². The molecule has 0 heterocycles. The molecule has 0 saturated heterocycles. The lowest BCUT2D eigenvalue weighted by atomic mass is 10.2. The minimum atomic E-state index is -5.84. The molecule has 1 aromatic rings. The van der Waals surface area contributed by atoms with E-state index in [1.54, 1.807) is 0 Å². The molecule has 9 nitrogen and oxygen atoms in total. The molecule has 0 unspecified atom stereocenters. The van der Waals surface area contributed by atoms with E-state index in [2.05, 4.69) is 0 Å². The van der Waals surface area contributed by atoms with Crippen LogP contribution in [0.25, 0.3) is 0 Å². The number of alkyl halides is 3. The number of amides is 1. The van der Waals surface area contributed by atoms with Gasteiger partial charge in [-0.05, 0) is 12.1 Å². The van der Waals surface area contributed by atoms with Gasteiger partial charge in [0, 0.05) is 17.7 Å². The third-order valence-corrected chi connectivity index (χ3v) is 2.32. The van der Waals surface area contributed by atoms with Gasteiger partial charge in [0.25, 0.3) is 11.6 Å². The van der Waals surface area contributed by atoms with E-state index in [4.69, 9.17) is 18.2 Å². The average Bonchev–Trinajstić information content (AvgIpc) is 2.36. The Labute approximate surface area is 114 Å². The number of non-ortho nitro benzene ring substituents is 1. The monoisotopic (exact) mass is 332 g/mol. The Morgan fingerprint density at radius 2 is 1.62 bits per heavy atom. The molecule has 0 spiro atoms. The lowest BCUT2D eigenvalue weighted by Gasteiger charge is -1.97. The van der Waals surface area contributed by atoms with Crippen molar-refractivity contribution < 1.29 is 41.1 Å². The smallest absolute Gasteiger partial charge is 0.288 e. The summed E-state index contributed by atoms with van der Waals surface area (Å²) in [6.07, 6.45) is 0. The predicted octanol–water partition coefficient (Wildman–Crippen LogP) is 1.11. The molecular weight excluding hydrogens is 325 g/mol. The molecular formula is C8H7F3N2O7S. The summed E-state index contributed by atoms with van der Waals surface area (Å²) in [5.41, 5.74) is -4.06. The normalized spacial score (nSPS) is 11.1. The van der Waals surface area contributed by atoms with Crippen molar-refractivity contribution in [3.8, 4) is 0 Å². The van der Waals surface area contributed by atoms with Crippen LogP contribution in [0.4, 0.5) is 18.9 Å². The Bertz CT molecular complexity index is 612. The quantitative estimate of drug-likeness (QED) is 0.241. The molecule has 0 aliphatic heterocycles. The number of carbonyl (C=O) groups excluding carboxylic acids is 1. The number of nitro groups is 1. The molecule has 13 heteroatoms. The van der Waals surface area contributed by atoms with Gasteiger partial charge in [0.15, 0.2) is 0 Å². The van der Waals surface area contributed by atoms with Crippen LogP contribution in [0.2, 0.25) is 0 Å². The third-order valence-electron chi connectivity index (χ3n) is 1.73. The Balaban J connectivity index is 0.000000433. The van der Waals surface area contributed by atoms with Gasteiger partial charge in [-0.15, -0.1) is 0 Å². The zero-order chi connectivity index (χ0) is 16.8. The van der Waals surface area contributed by atoms with E-state index in [0.717, 1.165) is 0 Å². The first-order chi connectivity index (χ1) is 9.40. The van der Waals surface area contributed by atoms with Gasteiger partial charge in [-0.25, -0.2) is 5.48 Å². The fourth-order valence-electron chi connectivity index (χ4n) is 0.799. The number of rotatable bonds is 2. The number of nitro benzene ring substituents is 1. The van der Waals surface area contributed by atoms with Crippen molar-refractivity contribution in [2.24, 2.45) is 0 Å². The summed E-state index contributed by atoms with van der Waals surface area (Å²) in [5.74, 6) is -0.699. The van der Waals surface area contributed by atoms with Gasteiger partial charge >= 0.3 is 15.6 Å². The maximum Gasteiger partial charge on any atom is 0.522 e. The molecule has 1 aromatic carbocycles. The average molecular weight is 332 g/mol. The summed E-state index contributed by atoms with van der Waals surface area (Å²) in [7, 11) is -5.84. The van der Waals surface area contributed by atoms with E-state index < -0.39 is 26.5 Å². The van der Waals surface area contributed by atoms with Gasteiger partial charge < -0.3 is 0 Å². The first kappa shape index (κ1) is 18.8. The summed E-state index contributed by atoms with van der Waals surface area (Å²) >= 11 is 0. The number of nitrogens with zero attached hydrogens (tertiary/aromatic N) is 1. The van der Waals surface area contributed by atoms with Crippen LogP contribution in [-0.2, 0) is 10.1 Å². The van der Waals surface area contributed by atoms with Gasteiger partial charge in [-0.3, -0.25) is 24.7 Å². The van der Waals surface area contributed by atoms with Crippen LogP contribution in [0.15, 0.2) is 24.3 Å². The lowest BCUT2D eigenvalue weighted by molar-refractivity contribution is -0.384. The van der Waals surface area contributed by atoms with E-state index in [1.165, 1.54) is 29.7 Å². The molecule has 0 fully saturated rings. The molecule has 0 aromatic heterocycles. The predicted molar refractivity (Wildman–Crippen MR) is 60.0 cm³/mol. The van der Waals surface area contributed by atoms with Gasteiger partial charge in [0.05, 0.1) is 4.92 Å². The van der Waals surface area contributed by atoms with Gasteiger partial charge in [0.1, 0.15) is 0 Å². The van der Waals surface area contributed by atoms with Crippen LogP contribution in [0.3, 0.4) is 0 Å². The number of halogens is 3. The molecule has 0 aliphatic rings. The summed E-state index contributed by atoms with van der Waals surface area (Å²) in [6.45, 7) is 0. The second-order valence-electron chi connectivity index (χ2n) is 3.17. The first-order valence-electron chi connectivity index (χ1n) is 4.62. The number of hydrogen-bond donors (Lipinski definition) is 3. The van der Waals surface area contributed by atoms with Crippen LogP contribution in [0.5, 0.6) is 0 Å². The van der Waals surface area contributed by atoms with Crippen molar-refractivity contribution in [1.82, 2.24) is 5.48 Å². The number of carbonyl (C=O) groups is 1. The molecule has 118 valence electrons. The largest absolute Gasteiger partial charge is 0.522 e. The molecule has 0 aliphatic carbocycles. The number of nitrogens with one attached hydrogen (secondary N) is 1. The topological polar surface area (TPSA) is 147 Å². The van der Waals surface area contributed by atoms with Crippen molar-refractivity contribution in [1.29, 1.82) is 0 Å².